The number of carboxylic acid groups (broad SMARTS) is 1. The molecule has 1 saturated heterocycles. The molecule has 16 heavy (non-hydrogen) atoms. The minimum absolute atomic E-state index is 0.367. The molecule has 0 radical (unpaired) electrons. The fourth-order valence-corrected chi connectivity index (χ4v) is 2.66. The van der Waals surface area contributed by atoms with Crippen molar-refractivity contribution in [3.63, 3.8) is 0 Å². The highest BCUT2D eigenvalue weighted by atomic mass is 32.1. The predicted molar refractivity (Wildman–Crippen MR) is 63.9 cm³/mol. The molecule has 1 aromatic heterocycles. The zero-order chi connectivity index (χ0) is 11.4. The van der Waals surface area contributed by atoms with Crippen molar-refractivity contribution in [3.05, 3.63) is 22.4 Å². The van der Waals surface area contributed by atoms with Gasteiger partial charge >= 0.3 is 5.97 Å². The lowest BCUT2D eigenvalue weighted by atomic mass is 10.2. The van der Waals surface area contributed by atoms with Gasteiger partial charge in [0.2, 0.25) is 0 Å². The van der Waals surface area contributed by atoms with Gasteiger partial charge in [0.05, 0.1) is 0 Å². The van der Waals surface area contributed by atoms with Crippen molar-refractivity contribution < 1.29 is 9.90 Å². The first-order valence-electron chi connectivity index (χ1n) is 5.47. The van der Waals surface area contributed by atoms with Crippen LogP contribution in [0.3, 0.4) is 0 Å². The zero-order valence-corrected chi connectivity index (χ0v) is 9.87. The van der Waals surface area contributed by atoms with Gasteiger partial charge in [-0.3, -0.25) is 9.69 Å². The Bertz CT molecular complexity index is 340. The zero-order valence-electron chi connectivity index (χ0n) is 9.06. The van der Waals surface area contributed by atoms with Crippen LogP contribution in [0.25, 0.3) is 0 Å². The molecule has 0 spiro atoms. The first-order chi connectivity index (χ1) is 7.77. The third-order valence-corrected chi connectivity index (χ3v) is 3.80. The van der Waals surface area contributed by atoms with Gasteiger partial charge in [-0.15, -0.1) is 11.3 Å². The molecule has 1 aromatic rings. The molecule has 1 aliphatic heterocycles. The summed E-state index contributed by atoms with van der Waals surface area (Å²) in [5.41, 5.74) is 0. The quantitative estimate of drug-likeness (QED) is 0.811. The lowest BCUT2D eigenvalue weighted by Gasteiger charge is -2.33. The highest BCUT2D eigenvalue weighted by molar-refractivity contribution is 7.09. The van der Waals surface area contributed by atoms with Crippen LogP contribution in [-0.4, -0.2) is 48.2 Å². The third kappa shape index (κ3) is 2.81. The van der Waals surface area contributed by atoms with Crippen molar-refractivity contribution in [2.24, 2.45) is 0 Å². The first-order valence-corrected chi connectivity index (χ1v) is 6.35. The van der Waals surface area contributed by atoms with Gasteiger partial charge in [0, 0.05) is 31.1 Å². The number of hydrogen-bond donors (Lipinski definition) is 2. The predicted octanol–water partition coefficient (Wildman–Crippen LogP) is 0.649. The Labute approximate surface area is 98.9 Å². The third-order valence-electron chi connectivity index (χ3n) is 2.86. The van der Waals surface area contributed by atoms with Gasteiger partial charge in [0.25, 0.3) is 0 Å². The van der Waals surface area contributed by atoms with Crippen LogP contribution in [0.15, 0.2) is 17.5 Å². The highest BCUT2D eigenvalue weighted by Crippen LogP contribution is 2.11. The van der Waals surface area contributed by atoms with Gasteiger partial charge in [-0.25, -0.2) is 0 Å². The number of piperazine rings is 1. The molecule has 0 aliphatic carbocycles. The van der Waals surface area contributed by atoms with Crippen molar-refractivity contribution >= 4 is 17.3 Å². The van der Waals surface area contributed by atoms with E-state index >= 15 is 0 Å². The van der Waals surface area contributed by atoms with Gasteiger partial charge in [0.15, 0.2) is 0 Å². The van der Waals surface area contributed by atoms with Crippen molar-refractivity contribution in [2.45, 2.75) is 12.5 Å². The molecule has 1 fully saturated rings. The maximum absolute atomic E-state index is 11.0. The lowest BCUT2D eigenvalue weighted by Crippen LogP contribution is -2.55. The Hall–Kier alpha value is -0.910. The van der Waals surface area contributed by atoms with E-state index in [0.29, 0.717) is 6.54 Å². The minimum atomic E-state index is -0.724. The van der Waals surface area contributed by atoms with Gasteiger partial charge in [-0.1, -0.05) is 6.07 Å². The molecular formula is C11H16N2O2S. The van der Waals surface area contributed by atoms with Gasteiger partial charge in [0.1, 0.15) is 6.04 Å². The number of nitrogens with zero attached hydrogens (tertiary/aromatic N) is 1. The molecule has 0 bridgehead atoms. The highest BCUT2D eigenvalue weighted by Gasteiger charge is 2.27. The largest absolute Gasteiger partial charge is 0.480 e. The summed E-state index contributed by atoms with van der Waals surface area (Å²) < 4.78 is 0. The van der Waals surface area contributed by atoms with Gasteiger partial charge < -0.3 is 10.4 Å². The van der Waals surface area contributed by atoms with E-state index in [1.54, 1.807) is 11.3 Å². The number of aliphatic carboxylic acids is 1. The summed E-state index contributed by atoms with van der Waals surface area (Å²) in [6.07, 6.45) is 0.946. The average Bonchev–Trinajstić information content (AvgIpc) is 2.79. The van der Waals surface area contributed by atoms with Crippen LogP contribution >= 0.6 is 11.3 Å². The Balaban J connectivity index is 1.89. The van der Waals surface area contributed by atoms with Crippen LogP contribution in [-0.2, 0) is 11.2 Å². The van der Waals surface area contributed by atoms with Crippen LogP contribution in [0.1, 0.15) is 4.88 Å². The topological polar surface area (TPSA) is 52.6 Å². The molecule has 0 saturated carbocycles. The summed E-state index contributed by atoms with van der Waals surface area (Å²) in [5.74, 6) is -0.724. The number of carboxylic acids is 1. The van der Waals surface area contributed by atoms with Crippen molar-refractivity contribution in [1.29, 1.82) is 0 Å². The fourth-order valence-electron chi connectivity index (χ4n) is 1.97. The van der Waals surface area contributed by atoms with E-state index in [9.17, 15) is 4.79 Å². The second kappa shape index (κ2) is 5.43. The Morgan fingerprint density at radius 3 is 3.25 bits per heavy atom. The molecule has 1 aliphatic rings. The summed E-state index contributed by atoms with van der Waals surface area (Å²) in [7, 11) is 0. The molecular weight excluding hydrogens is 224 g/mol. The molecule has 2 N–H and O–H groups in total. The molecule has 0 aromatic carbocycles. The number of hydrogen-bond acceptors (Lipinski definition) is 4. The van der Waals surface area contributed by atoms with E-state index in [4.69, 9.17) is 5.11 Å². The first kappa shape index (κ1) is 11.6. The number of rotatable bonds is 4. The Morgan fingerprint density at radius 2 is 2.56 bits per heavy atom. The van der Waals surface area contributed by atoms with Crippen LogP contribution in [0.4, 0.5) is 0 Å². The maximum atomic E-state index is 11.0. The monoisotopic (exact) mass is 240 g/mol. The molecule has 1 unspecified atom stereocenters. The van der Waals surface area contributed by atoms with Crippen LogP contribution < -0.4 is 5.32 Å². The molecule has 88 valence electrons. The second-order valence-corrected chi connectivity index (χ2v) is 4.96. The lowest BCUT2D eigenvalue weighted by molar-refractivity contribution is -0.143. The van der Waals surface area contributed by atoms with E-state index in [1.165, 1.54) is 4.88 Å². The maximum Gasteiger partial charge on any atom is 0.322 e. The number of thiophene rings is 1. The normalized spacial score (nSPS) is 22.1. The van der Waals surface area contributed by atoms with Crippen LogP contribution in [0.5, 0.6) is 0 Å². The second-order valence-electron chi connectivity index (χ2n) is 3.92. The molecule has 2 heterocycles. The Kier molecular flexibility index (Phi) is 3.93. The van der Waals surface area contributed by atoms with Gasteiger partial charge in [-0.2, -0.15) is 0 Å². The van der Waals surface area contributed by atoms with E-state index in [-0.39, 0.29) is 6.04 Å². The molecule has 4 nitrogen and oxygen atoms in total. The summed E-state index contributed by atoms with van der Waals surface area (Å²) in [6.45, 7) is 3.09. The molecule has 1 atom stereocenters. The smallest absolute Gasteiger partial charge is 0.322 e. The van der Waals surface area contributed by atoms with E-state index in [1.807, 2.05) is 6.07 Å². The minimum Gasteiger partial charge on any atom is -0.480 e. The molecule has 2 rings (SSSR count). The van der Waals surface area contributed by atoms with Crippen molar-refractivity contribution in [2.75, 3.05) is 26.2 Å². The summed E-state index contributed by atoms with van der Waals surface area (Å²) in [6, 6.07) is 3.77. The van der Waals surface area contributed by atoms with E-state index < -0.39 is 5.97 Å². The average molecular weight is 240 g/mol. The Morgan fingerprint density at radius 1 is 1.69 bits per heavy atom. The van der Waals surface area contributed by atoms with E-state index in [0.717, 1.165) is 26.1 Å². The van der Waals surface area contributed by atoms with Crippen LogP contribution in [0, 0.1) is 0 Å². The summed E-state index contributed by atoms with van der Waals surface area (Å²) in [4.78, 5) is 14.4. The van der Waals surface area contributed by atoms with Crippen molar-refractivity contribution in [1.82, 2.24) is 10.2 Å². The van der Waals surface area contributed by atoms with Crippen molar-refractivity contribution in [3.8, 4) is 0 Å². The van der Waals surface area contributed by atoms with Gasteiger partial charge in [-0.05, 0) is 17.9 Å². The van der Waals surface area contributed by atoms with E-state index in [2.05, 4.69) is 21.7 Å². The molecule has 5 heteroatoms. The molecule has 0 amide bonds. The SMILES string of the molecule is O=C(O)C1CNCCN1CCc1cccs1. The summed E-state index contributed by atoms with van der Waals surface area (Å²) >= 11 is 1.73. The number of nitrogens with one attached hydrogen (secondary N) is 1. The summed E-state index contributed by atoms with van der Waals surface area (Å²) in [5, 5.41) is 14.3. The fraction of sp³-hybridized carbons (Fsp3) is 0.545. The standard InChI is InChI=1S/C11H16N2O2S/c14-11(15)10-8-12-4-6-13(10)5-3-9-2-1-7-16-9/h1-2,7,10,12H,3-6,8H2,(H,14,15). The number of carbonyl (C=O) groups is 1. The van der Waals surface area contributed by atoms with Crippen LogP contribution in [0.2, 0.25) is 0 Å².